The van der Waals surface area contributed by atoms with Crippen molar-refractivity contribution in [3.05, 3.63) is 89.0 Å². The van der Waals surface area contributed by atoms with E-state index in [1.165, 1.54) is 17.3 Å². The van der Waals surface area contributed by atoms with Crippen molar-refractivity contribution in [2.75, 3.05) is 29.6 Å². The van der Waals surface area contributed by atoms with Crippen LogP contribution >= 0.6 is 11.8 Å². The maximum atomic E-state index is 14.2. The minimum atomic E-state index is -1.20. The van der Waals surface area contributed by atoms with Crippen molar-refractivity contribution in [3.63, 3.8) is 0 Å². The molecule has 2 aliphatic rings. The van der Waals surface area contributed by atoms with Crippen LogP contribution in [0.25, 0.3) is 0 Å². The van der Waals surface area contributed by atoms with E-state index in [0.717, 1.165) is 16.8 Å². The lowest BCUT2D eigenvalue weighted by Gasteiger charge is -2.33. The molecule has 0 aliphatic carbocycles. The fourth-order valence-corrected chi connectivity index (χ4v) is 6.39. The average molecular weight is 513 g/mol. The quantitative estimate of drug-likeness (QED) is 0.476. The van der Waals surface area contributed by atoms with Crippen LogP contribution < -0.4 is 15.0 Å². The molecule has 1 saturated heterocycles. The highest BCUT2D eigenvalue weighted by Gasteiger charge is 2.59. The lowest BCUT2D eigenvalue weighted by atomic mass is 10.0. The first-order chi connectivity index (χ1) is 17.9. The molecule has 2 aliphatic heterocycles. The minimum absolute atomic E-state index is 0.175. The van der Waals surface area contributed by atoms with Crippen LogP contribution in [-0.4, -0.2) is 36.2 Å². The van der Waals surface area contributed by atoms with Gasteiger partial charge in [-0.05, 0) is 59.5 Å². The monoisotopic (exact) mass is 512 g/mol. The van der Waals surface area contributed by atoms with Gasteiger partial charge in [0.1, 0.15) is 5.75 Å². The number of ether oxygens (including phenoxy) is 1. The standard InChI is InChI=1S/C29H28N4O3S/c1-19(2)22-7-9-23(10-8-22)31-28(35)33-13-14-37-29(33)25-16-24(36-3)11-12-26(25)32(27(29)34)18-21-6-4-5-20(15-21)17-30/h4-12,15-16,19H,13-14,18H2,1-3H3,(H,31,35)/t29-/m1/s1. The number of amides is 3. The highest BCUT2D eigenvalue weighted by Crippen LogP contribution is 2.55. The normalized spacial score (nSPS) is 18.3. The molecule has 37 heavy (non-hydrogen) atoms. The number of nitrogens with zero attached hydrogens (tertiary/aromatic N) is 3. The first-order valence-electron chi connectivity index (χ1n) is 12.2. The van der Waals surface area contributed by atoms with Crippen LogP contribution in [0.4, 0.5) is 16.2 Å². The summed E-state index contributed by atoms with van der Waals surface area (Å²) in [6, 6.07) is 22.4. The Morgan fingerprint density at radius 3 is 2.65 bits per heavy atom. The van der Waals surface area contributed by atoms with Gasteiger partial charge in [0.15, 0.2) is 4.87 Å². The molecule has 188 valence electrons. The van der Waals surface area contributed by atoms with E-state index in [0.29, 0.717) is 41.8 Å². The second-order valence-electron chi connectivity index (χ2n) is 9.44. The molecule has 7 nitrogen and oxygen atoms in total. The van der Waals surface area contributed by atoms with Crippen molar-refractivity contribution in [2.24, 2.45) is 0 Å². The molecule has 1 spiro atoms. The summed E-state index contributed by atoms with van der Waals surface area (Å²) >= 11 is 1.46. The number of hydrogen-bond donors (Lipinski definition) is 1. The van der Waals surface area contributed by atoms with E-state index in [1.807, 2.05) is 54.6 Å². The highest BCUT2D eigenvalue weighted by atomic mass is 32.2. The summed E-state index contributed by atoms with van der Waals surface area (Å²) in [7, 11) is 1.59. The number of nitrogens with one attached hydrogen (secondary N) is 1. The molecule has 3 aromatic carbocycles. The Hall–Kier alpha value is -3.96. The fourth-order valence-electron chi connectivity index (χ4n) is 4.94. The Kier molecular flexibility index (Phi) is 6.57. The number of anilines is 2. The van der Waals surface area contributed by atoms with Crippen LogP contribution in [0.3, 0.4) is 0 Å². The van der Waals surface area contributed by atoms with E-state index < -0.39 is 4.87 Å². The molecule has 3 amide bonds. The molecule has 0 saturated carbocycles. The number of fused-ring (bicyclic) bond motifs is 2. The maximum Gasteiger partial charge on any atom is 0.323 e. The Bertz CT molecular complexity index is 1400. The Labute approximate surface area is 221 Å². The van der Waals surface area contributed by atoms with Crippen molar-refractivity contribution in [2.45, 2.75) is 31.2 Å². The molecule has 1 atom stereocenters. The summed E-state index contributed by atoms with van der Waals surface area (Å²) in [6.45, 7) is 4.97. The zero-order valence-corrected chi connectivity index (χ0v) is 21.8. The Morgan fingerprint density at radius 1 is 1.16 bits per heavy atom. The van der Waals surface area contributed by atoms with Gasteiger partial charge in [-0.1, -0.05) is 38.1 Å². The number of thioether (sulfide) groups is 1. The topological polar surface area (TPSA) is 85.7 Å². The molecule has 2 heterocycles. The van der Waals surface area contributed by atoms with E-state index >= 15 is 0 Å². The van der Waals surface area contributed by atoms with E-state index in [4.69, 9.17) is 4.74 Å². The summed E-state index contributed by atoms with van der Waals surface area (Å²) in [5.41, 5.74) is 4.73. The second-order valence-corrected chi connectivity index (χ2v) is 10.7. The summed E-state index contributed by atoms with van der Waals surface area (Å²) in [4.78, 5) is 30.0. The number of methoxy groups -OCH3 is 1. The van der Waals surface area contributed by atoms with Gasteiger partial charge in [-0.15, -0.1) is 11.8 Å². The van der Waals surface area contributed by atoms with Gasteiger partial charge in [0.05, 0.1) is 31.0 Å². The maximum absolute atomic E-state index is 14.2. The van der Waals surface area contributed by atoms with Gasteiger partial charge in [-0.25, -0.2) is 4.79 Å². The van der Waals surface area contributed by atoms with E-state index in [1.54, 1.807) is 29.0 Å². The van der Waals surface area contributed by atoms with Crippen LogP contribution in [0.5, 0.6) is 5.75 Å². The third-order valence-corrected chi connectivity index (χ3v) is 8.29. The first kappa shape index (κ1) is 24.7. The van der Waals surface area contributed by atoms with E-state index in [9.17, 15) is 14.9 Å². The molecule has 0 unspecified atom stereocenters. The number of rotatable bonds is 5. The van der Waals surface area contributed by atoms with Crippen LogP contribution in [0.15, 0.2) is 66.7 Å². The minimum Gasteiger partial charge on any atom is -0.497 e. The molecule has 1 fully saturated rings. The van der Waals surface area contributed by atoms with Gasteiger partial charge in [-0.2, -0.15) is 5.26 Å². The number of carbonyl (C=O) groups is 2. The molecule has 0 aromatic heterocycles. The molecule has 8 heteroatoms. The average Bonchev–Trinajstić information content (AvgIpc) is 3.46. The predicted octanol–water partition coefficient (Wildman–Crippen LogP) is 5.67. The molecule has 0 bridgehead atoms. The molecule has 3 aromatic rings. The van der Waals surface area contributed by atoms with Crippen molar-refractivity contribution >= 4 is 35.1 Å². The van der Waals surface area contributed by atoms with Gasteiger partial charge in [0, 0.05) is 23.5 Å². The number of benzene rings is 3. The van der Waals surface area contributed by atoms with Gasteiger partial charge in [0.25, 0.3) is 5.91 Å². The van der Waals surface area contributed by atoms with E-state index in [-0.39, 0.29) is 11.9 Å². The smallest absolute Gasteiger partial charge is 0.323 e. The van der Waals surface area contributed by atoms with Crippen LogP contribution in [0.1, 0.15) is 42.0 Å². The SMILES string of the molecule is COc1ccc2c(c1)[C@@]1(SCCN1C(=O)Nc1ccc(C(C)C)cc1)C(=O)N2Cc1cccc(C#N)c1. The predicted molar refractivity (Wildman–Crippen MR) is 146 cm³/mol. The van der Waals surface area contributed by atoms with Crippen molar-refractivity contribution in [3.8, 4) is 11.8 Å². The van der Waals surface area contributed by atoms with Crippen LogP contribution in [-0.2, 0) is 16.2 Å². The van der Waals surface area contributed by atoms with E-state index in [2.05, 4.69) is 25.2 Å². The number of carbonyl (C=O) groups excluding carboxylic acids is 2. The van der Waals surface area contributed by atoms with Crippen LogP contribution in [0.2, 0.25) is 0 Å². The third kappa shape index (κ3) is 4.30. The Morgan fingerprint density at radius 2 is 1.95 bits per heavy atom. The number of nitriles is 1. The van der Waals surface area contributed by atoms with Gasteiger partial charge in [-0.3, -0.25) is 9.69 Å². The van der Waals surface area contributed by atoms with Gasteiger partial charge < -0.3 is 15.0 Å². The molecule has 5 rings (SSSR count). The number of urea groups is 1. The van der Waals surface area contributed by atoms with Crippen molar-refractivity contribution in [1.82, 2.24) is 4.90 Å². The summed E-state index contributed by atoms with van der Waals surface area (Å²) in [6.07, 6.45) is 0. The molecular weight excluding hydrogens is 484 g/mol. The van der Waals surface area contributed by atoms with Gasteiger partial charge >= 0.3 is 6.03 Å². The summed E-state index contributed by atoms with van der Waals surface area (Å²) < 4.78 is 5.49. The molecular formula is C29H28N4O3S. The second kappa shape index (κ2) is 9.83. The van der Waals surface area contributed by atoms with Gasteiger partial charge in [0.2, 0.25) is 0 Å². The number of hydrogen-bond acceptors (Lipinski definition) is 5. The molecule has 0 radical (unpaired) electrons. The third-order valence-electron chi connectivity index (χ3n) is 6.87. The first-order valence-corrected chi connectivity index (χ1v) is 13.2. The van der Waals surface area contributed by atoms with Crippen molar-refractivity contribution in [1.29, 1.82) is 5.26 Å². The summed E-state index contributed by atoms with van der Waals surface area (Å²) in [5.74, 6) is 1.47. The summed E-state index contributed by atoms with van der Waals surface area (Å²) in [5, 5.41) is 12.3. The zero-order chi connectivity index (χ0) is 26.2. The van der Waals surface area contributed by atoms with Crippen molar-refractivity contribution < 1.29 is 14.3 Å². The zero-order valence-electron chi connectivity index (χ0n) is 21.0. The lowest BCUT2D eigenvalue weighted by molar-refractivity contribution is -0.123. The fraction of sp³-hybridized carbons (Fsp3) is 0.276. The highest BCUT2D eigenvalue weighted by molar-refractivity contribution is 8.01. The van der Waals surface area contributed by atoms with Crippen LogP contribution in [0, 0.1) is 11.3 Å². The largest absolute Gasteiger partial charge is 0.497 e. The Balaban J connectivity index is 1.50. The molecule has 1 N–H and O–H groups in total. The lowest BCUT2D eigenvalue weighted by Crippen LogP contribution is -2.51.